The van der Waals surface area contributed by atoms with Crippen LogP contribution in [0.2, 0.25) is 0 Å². The quantitative estimate of drug-likeness (QED) is 0.845. The van der Waals surface area contributed by atoms with Gasteiger partial charge in [-0.2, -0.15) is 0 Å². The third kappa shape index (κ3) is 2.25. The summed E-state index contributed by atoms with van der Waals surface area (Å²) in [7, 11) is 1.87. The van der Waals surface area contributed by atoms with Gasteiger partial charge in [-0.05, 0) is 26.3 Å². The van der Waals surface area contributed by atoms with Crippen molar-refractivity contribution in [2.45, 2.75) is 45.3 Å². The summed E-state index contributed by atoms with van der Waals surface area (Å²) in [6, 6.07) is 0.277. The Hall–Kier alpha value is -1.43. The summed E-state index contributed by atoms with van der Waals surface area (Å²) < 4.78 is 2.15. The first-order valence-corrected chi connectivity index (χ1v) is 7.06. The molecule has 0 aromatic carbocycles. The van der Waals surface area contributed by atoms with Crippen LogP contribution in [0.1, 0.15) is 31.4 Å². The predicted molar refractivity (Wildman–Crippen MR) is 70.4 cm³/mol. The smallest absolute Gasteiger partial charge is 0.227 e. The fourth-order valence-corrected chi connectivity index (χ4v) is 3.10. The molecule has 2 aliphatic heterocycles. The topological polar surface area (TPSA) is 63.1 Å². The van der Waals surface area contributed by atoms with Crippen LogP contribution < -0.4 is 5.32 Å². The van der Waals surface area contributed by atoms with Crippen LogP contribution >= 0.6 is 0 Å². The zero-order valence-electron chi connectivity index (χ0n) is 11.6. The number of aromatic nitrogens is 3. The Kier molecular flexibility index (Phi) is 3.26. The molecular formula is C13H21N5O. The molecule has 0 bridgehead atoms. The van der Waals surface area contributed by atoms with E-state index in [0.29, 0.717) is 6.54 Å². The minimum atomic E-state index is 0.103. The van der Waals surface area contributed by atoms with Crippen LogP contribution in [-0.4, -0.2) is 45.2 Å². The molecule has 2 aliphatic rings. The van der Waals surface area contributed by atoms with E-state index in [4.69, 9.17) is 0 Å². The van der Waals surface area contributed by atoms with Gasteiger partial charge in [0.1, 0.15) is 5.82 Å². The number of hydrogen-bond acceptors (Lipinski definition) is 4. The summed E-state index contributed by atoms with van der Waals surface area (Å²) in [5.41, 5.74) is 0. The van der Waals surface area contributed by atoms with Crippen molar-refractivity contribution in [1.82, 2.24) is 25.0 Å². The highest BCUT2D eigenvalue weighted by Gasteiger charge is 2.32. The maximum absolute atomic E-state index is 12.4. The molecule has 2 unspecified atom stereocenters. The first-order valence-electron chi connectivity index (χ1n) is 7.06. The minimum absolute atomic E-state index is 0.103. The molecule has 0 spiro atoms. The van der Waals surface area contributed by atoms with Gasteiger partial charge in [-0.3, -0.25) is 4.79 Å². The molecule has 104 valence electrons. The van der Waals surface area contributed by atoms with E-state index in [2.05, 4.69) is 27.0 Å². The second-order valence-corrected chi connectivity index (χ2v) is 5.62. The van der Waals surface area contributed by atoms with E-state index in [1.165, 1.54) is 0 Å². The summed E-state index contributed by atoms with van der Waals surface area (Å²) >= 11 is 0. The predicted octanol–water partition coefficient (Wildman–Crippen LogP) is 0.181. The van der Waals surface area contributed by atoms with Crippen LogP contribution in [0.4, 0.5) is 0 Å². The number of nitrogens with one attached hydrogen (secondary N) is 1. The molecule has 1 aromatic heterocycles. The number of carbonyl (C=O) groups is 1. The molecule has 3 heterocycles. The lowest BCUT2D eigenvalue weighted by molar-refractivity contribution is -0.135. The number of amides is 1. The Morgan fingerprint density at radius 2 is 2.37 bits per heavy atom. The highest BCUT2D eigenvalue weighted by atomic mass is 16.2. The summed E-state index contributed by atoms with van der Waals surface area (Å²) in [6.45, 7) is 4.57. The molecule has 1 saturated heterocycles. The van der Waals surface area contributed by atoms with E-state index in [-0.39, 0.29) is 17.9 Å². The van der Waals surface area contributed by atoms with Gasteiger partial charge in [0, 0.05) is 26.1 Å². The Labute approximate surface area is 113 Å². The minimum Gasteiger partial charge on any atom is -0.338 e. The van der Waals surface area contributed by atoms with E-state index in [1.54, 1.807) is 4.90 Å². The van der Waals surface area contributed by atoms with Crippen LogP contribution in [0.25, 0.3) is 0 Å². The van der Waals surface area contributed by atoms with Crippen LogP contribution in [-0.2, 0) is 24.3 Å². The monoisotopic (exact) mass is 263 g/mol. The van der Waals surface area contributed by atoms with E-state index in [1.807, 2.05) is 7.05 Å². The lowest BCUT2D eigenvalue weighted by atomic mass is 10.0. The van der Waals surface area contributed by atoms with E-state index >= 15 is 0 Å². The van der Waals surface area contributed by atoms with E-state index in [0.717, 1.165) is 44.0 Å². The molecule has 19 heavy (non-hydrogen) atoms. The van der Waals surface area contributed by atoms with Gasteiger partial charge in [-0.25, -0.2) is 0 Å². The Bertz CT molecular complexity index is 483. The molecule has 1 fully saturated rings. The molecule has 0 aliphatic carbocycles. The molecular weight excluding hydrogens is 242 g/mol. The second-order valence-electron chi connectivity index (χ2n) is 5.62. The largest absolute Gasteiger partial charge is 0.338 e. The van der Waals surface area contributed by atoms with Crippen molar-refractivity contribution in [2.24, 2.45) is 5.92 Å². The van der Waals surface area contributed by atoms with Gasteiger partial charge in [-0.1, -0.05) is 0 Å². The van der Waals surface area contributed by atoms with E-state index in [9.17, 15) is 4.79 Å². The standard InChI is InChI=1S/C13H21N5O/c1-9-10(5-6-14-9)13(19)17(2)8-12-16-15-11-4-3-7-18(11)12/h9-10,14H,3-8H2,1-2H3. The Morgan fingerprint density at radius 3 is 3.11 bits per heavy atom. The van der Waals surface area contributed by atoms with Gasteiger partial charge in [-0.15, -0.1) is 10.2 Å². The van der Waals surface area contributed by atoms with Crippen molar-refractivity contribution in [3.8, 4) is 0 Å². The molecule has 1 N–H and O–H groups in total. The highest BCUT2D eigenvalue weighted by molar-refractivity contribution is 5.79. The summed E-state index contributed by atoms with van der Waals surface area (Å²) in [4.78, 5) is 14.2. The number of nitrogens with zero attached hydrogens (tertiary/aromatic N) is 4. The number of rotatable bonds is 3. The Balaban J connectivity index is 1.67. The maximum atomic E-state index is 12.4. The van der Waals surface area contributed by atoms with Gasteiger partial charge in [0.15, 0.2) is 5.82 Å². The zero-order valence-corrected chi connectivity index (χ0v) is 11.6. The van der Waals surface area contributed by atoms with Crippen molar-refractivity contribution in [3.63, 3.8) is 0 Å². The molecule has 6 heteroatoms. The van der Waals surface area contributed by atoms with Crippen molar-refractivity contribution in [1.29, 1.82) is 0 Å². The molecule has 0 radical (unpaired) electrons. The third-order valence-corrected chi connectivity index (χ3v) is 4.28. The lowest BCUT2D eigenvalue weighted by Gasteiger charge is -2.22. The van der Waals surface area contributed by atoms with Crippen LogP contribution in [0, 0.1) is 5.92 Å². The number of aryl methyl sites for hydroxylation is 1. The van der Waals surface area contributed by atoms with Crippen molar-refractivity contribution in [2.75, 3.05) is 13.6 Å². The summed E-state index contributed by atoms with van der Waals surface area (Å²) in [5.74, 6) is 2.30. The third-order valence-electron chi connectivity index (χ3n) is 4.28. The van der Waals surface area contributed by atoms with Crippen LogP contribution in [0.3, 0.4) is 0 Å². The molecule has 2 atom stereocenters. The number of carbonyl (C=O) groups excluding carboxylic acids is 1. The average molecular weight is 263 g/mol. The number of fused-ring (bicyclic) bond motifs is 1. The normalized spacial score (nSPS) is 25.6. The van der Waals surface area contributed by atoms with Gasteiger partial charge in [0.2, 0.25) is 5.91 Å². The molecule has 0 saturated carbocycles. The van der Waals surface area contributed by atoms with Crippen LogP contribution in [0.5, 0.6) is 0 Å². The van der Waals surface area contributed by atoms with Gasteiger partial charge in [0.25, 0.3) is 0 Å². The Morgan fingerprint density at radius 1 is 1.53 bits per heavy atom. The summed E-state index contributed by atoms with van der Waals surface area (Å²) in [5, 5.41) is 11.7. The molecule has 3 rings (SSSR count). The van der Waals surface area contributed by atoms with Gasteiger partial charge in [0.05, 0.1) is 12.5 Å². The summed E-state index contributed by atoms with van der Waals surface area (Å²) in [6.07, 6.45) is 3.08. The van der Waals surface area contributed by atoms with E-state index < -0.39 is 0 Å². The lowest BCUT2D eigenvalue weighted by Crippen LogP contribution is -2.38. The first kappa shape index (κ1) is 12.6. The van der Waals surface area contributed by atoms with Crippen molar-refractivity contribution < 1.29 is 4.79 Å². The van der Waals surface area contributed by atoms with Gasteiger partial charge < -0.3 is 14.8 Å². The highest BCUT2D eigenvalue weighted by Crippen LogP contribution is 2.20. The van der Waals surface area contributed by atoms with Gasteiger partial charge >= 0.3 is 0 Å². The number of hydrogen-bond donors (Lipinski definition) is 1. The SMILES string of the molecule is CC1NCCC1C(=O)N(C)Cc1nnc2n1CCC2. The fourth-order valence-electron chi connectivity index (χ4n) is 3.10. The average Bonchev–Trinajstić information content (AvgIpc) is 3.06. The molecule has 6 nitrogen and oxygen atoms in total. The fraction of sp³-hybridized carbons (Fsp3) is 0.769. The first-order chi connectivity index (χ1) is 9.16. The molecule has 1 amide bonds. The van der Waals surface area contributed by atoms with Crippen molar-refractivity contribution >= 4 is 5.91 Å². The van der Waals surface area contributed by atoms with Crippen molar-refractivity contribution in [3.05, 3.63) is 11.6 Å². The maximum Gasteiger partial charge on any atom is 0.227 e. The second kappa shape index (κ2) is 4.92. The molecule has 1 aromatic rings. The zero-order chi connectivity index (χ0) is 13.4. The van der Waals surface area contributed by atoms with Crippen LogP contribution in [0.15, 0.2) is 0 Å².